The monoisotopic (exact) mass is 363 g/mol. The van der Waals surface area contributed by atoms with E-state index in [9.17, 15) is 18.4 Å². The predicted molar refractivity (Wildman–Crippen MR) is 91.0 cm³/mol. The molecule has 0 atom stereocenters. The summed E-state index contributed by atoms with van der Waals surface area (Å²) in [5.41, 5.74) is 0.688. The number of amides is 1. The number of carbonyl (C=O) groups is 2. The van der Waals surface area contributed by atoms with Crippen molar-refractivity contribution in [1.82, 2.24) is 4.90 Å². The Hall–Kier alpha value is -2.96. The summed E-state index contributed by atoms with van der Waals surface area (Å²) >= 11 is 0. The molecule has 0 fully saturated rings. The molecular formula is C19H19F2NO4. The van der Waals surface area contributed by atoms with Crippen molar-refractivity contribution in [2.75, 3.05) is 13.2 Å². The van der Waals surface area contributed by atoms with Gasteiger partial charge in [0.05, 0.1) is 13.0 Å². The van der Waals surface area contributed by atoms with Gasteiger partial charge < -0.3 is 14.7 Å². The molecule has 1 amide bonds. The summed E-state index contributed by atoms with van der Waals surface area (Å²) in [6.07, 6.45) is -0.263. The number of carbonyl (C=O) groups excluding carboxylic acids is 1. The van der Waals surface area contributed by atoms with Crippen molar-refractivity contribution in [3.8, 4) is 5.75 Å². The topological polar surface area (TPSA) is 66.8 Å². The molecule has 26 heavy (non-hydrogen) atoms. The first-order valence-electron chi connectivity index (χ1n) is 8.08. The second kappa shape index (κ2) is 8.94. The number of carboxylic acids is 1. The molecule has 0 aromatic heterocycles. The minimum atomic E-state index is -1.06. The quantitative estimate of drug-likeness (QED) is 0.780. The van der Waals surface area contributed by atoms with Crippen LogP contribution in [0.3, 0.4) is 0 Å². The van der Waals surface area contributed by atoms with E-state index in [2.05, 4.69) is 0 Å². The highest BCUT2D eigenvalue weighted by molar-refractivity contribution is 5.94. The van der Waals surface area contributed by atoms with Crippen molar-refractivity contribution in [2.24, 2.45) is 0 Å². The third-order valence-corrected chi connectivity index (χ3v) is 3.63. The first-order chi connectivity index (χ1) is 12.4. The lowest BCUT2D eigenvalue weighted by Gasteiger charge is -2.22. The Bertz CT molecular complexity index is 795. The van der Waals surface area contributed by atoms with E-state index >= 15 is 0 Å². The van der Waals surface area contributed by atoms with Gasteiger partial charge in [0, 0.05) is 18.7 Å². The normalized spacial score (nSPS) is 10.4. The molecule has 2 aromatic rings. The van der Waals surface area contributed by atoms with Crippen molar-refractivity contribution < 1.29 is 28.2 Å². The summed E-state index contributed by atoms with van der Waals surface area (Å²) in [4.78, 5) is 24.9. The van der Waals surface area contributed by atoms with Gasteiger partial charge in [-0.1, -0.05) is 12.1 Å². The molecule has 0 spiro atoms. The summed E-state index contributed by atoms with van der Waals surface area (Å²) in [5.74, 6) is -2.97. The van der Waals surface area contributed by atoms with E-state index in [0.29, 0.717) is 23.5 Å². The molecule has 0 bridgehead atoms. The van der Waals surface area contributed by atoms with E-state index in [1.54, 1.807) is 24.3 Å². The number of carboxylic acid groups (broad SMARTS) is 1. The molecule has 7 heteroatoms. The van der Waals surface area contributed by atoms with Crippen molar-refractivity contribution in [2.45, 2.75) is 19.9 Å². The maximum absolute atomic E-state index is 13.4. The van der Waals surface area contributed by atoms with Gasteiger partial charge in [0.25, 0.3) is 5.91 Å². The Morgan fingerprint density at radius 3 is 2.54 bits per heavy atom. The van der Waals surface area contributed by atoms with Gasteiger partial charge in [-0.15, -0.1) is 0 Å². The van der Waals surface area contributed by atoms with Crippen LogP contribution < -0.4 is 4.74 Å². The van der Waals surface area contributed by atoms with E-state index in [1.165, 1.54) is 11.0 Å². The van der Waals surface area contributed by atoms with Gasteiger partial charge in [-0.3, -0.25) is 9.59 Å². The number of benzene rings is 2. The number of aliphatic carboxylic acids is 1. The van der Waals surface area contributed by atoms with Crippen LogP contribution in [0.2, 0.25) is 0 Å². The second-order valence-corrected chi connectivity index (χ2v) is 5.58. The Morgan fingerprint density at radius 1 is 1.12 bits per heavy atom. The van der Waals surface area contributed by atoms with Crippen LogP contribution in [0.4, 0.5) is 8.78 Å². The van der Waals surface area contributed by atoms with E-state index in [4.69, 9.17) is 9.84 Å². The molecule has 138 valence electrons. The van der Waals surface area contributed by atoms with Crippen molar-refractivity contribution in [3.63, 3.8) is 0 Å². The number of nitrogens with zero attached hydrogens (tertiary/aromatic N) is 1. The predicted octanol–water partition coefficient (Wildman–Crippen LogP) is 3.48. The van der Waals surface area contributed by atoms with Crippen LogP contribution in [0, 0.1) is 11.6 Å². The van der Waals surface area contributed by atoms with Gasteiger partial charge >= 0.3 is 5.97 Å². The van der Waals surface area contributed by atoms with E-state index in [-0.39, 0.29) is 19.5 Å². The Balaban J connectivity index is 2.24. The molecule has 0 aliphatic rings. The van der Waals surface area contributed by atoms with Crippen molar-refractivity contribution in [3.05, 3.63) is 65.2 Å². The highest BCUT2D eigenvalue weighted by Crippen LogP contribution is 2.18. The molecule has 0 aliphatic carbocycles. The molecule has 0 saturated carbocycles. The fourth-order valence-corrected chi connectivity index (χ4v) is 2.41. The largest absolute Gasteiger partial charge is 0.494 e. The summed E-state index contributed by atoms with van der Waals surface area (Å²) in [5, 5.41) is 8.91. The van der Waals surface area contributed by atoms with Gasteiger partial charge in [0.1, 0.15) is 5.75 Å². The number of hydrogen-bond acceptors (Lipinski definition) is 3. The van der Waals surface area contributed by atoms with E-state index in [1.807, 2.05) is 6.92 Å². The average Bonchev–Trinajstić information content (AvgIpc) is 2.61. The van der Waals surface area contributed by atoms with E-state index < -0.39 is 23.5 Å². The number of rotatable bonds is 8. The molecule has 5 nitrogen and oxygen atoms in total. The first-order valence-corrected chi connectivity index (χ1v) is 8.08. The summed E-state index contributed by atoms with van der Waals surface area (Å²) in [6.45, 7) is 2.15. The lowest BCUT2D eigenvalue weighted by molar-refractivity contribution is -0.137. The smallest absolute Gasteiger partial charge is 0.305 e. The molecular weight excluding hydrogens is 344 g/mol. The molecule has 1 N–H and O–H groups in total. The minimum absolute atomic E-state index is 0.0395. The molecule has 0 unspecified atom stereocenters. The minimum Gasteiger partial charge on any atom is -0.494 e. The molecule has 0 saturated heterocycles. The lowest BCUT2D eigenvalue weighted by Crippen LogP contribution is -2.32. The van der Waals surface area contributed by atoms with Crippen LogP contribution in [0.25, 0.3) is 0 Å². The molecule has 0 heterocycles. The van der Waals surface area contributed by atoms with E-state index in [0.717, 1.165) is 12.1 Å². The zero-order chi connectivity index (χ0) is 19.1. The highest BCUT2D eigenvalue weighted by Gasteiger charge is 2.18. The maximum Gasteiger partial charge on any atom is 0.305 e. The van der Waals surface area contributed by atoms with Gasteiger partial charge in [-0.2, -0.15) is 0 Å². The van der Waals surface area contributed by atoms with Gasteiger partial charge in [0.15, 0.2) is 11.6 Å². The van der Waals surface area contributed by atoms with Crippen LogP contribution in [0.1, 0.15) is 29.3 Å². The zero-order valence-electron chi connectivity index (χ0n) is 14.2. The second-order valence-electron chi connectivity index (χ2n) is 5.58. The van der Waals surface area contributed by atoms with Crippen LogP contribution >= 0.6 is 0 Å². The molecule has 0 radical (unpaired) electrons. The fourth-order valence-electron chi connectivity index (χ4n) is 2.41. The molecule has 2 rings (SSSR count). The van der Waals surface area contributed by atoms with Crippen LogP contribution in [0.5, 0.6) is 5.75 Å². The highest BCUT2D eigenvalue weighted by atomic mass is 19.2. The zero-order valence-corrected chi connectivity index (χ0v) is 14.2. The summed E-state index contributed by atoms with van der Waals surface area (Å²) in [6, 6.07) is 9.83. The Kier molecular flexibility index (Phi) is 6.66. The van der Waals surface area contributed by atoms with Crippen LogP contribution in [0.15, 0.2) is 42.5 Å². The maximum atomic E-state index is 13.4. The first kappa shape index (κ1) is 19.4. The fraction of sp³-hybridized carbons (Fsp3) is 0.263. The lowest BCUT2D eigenvalue weighted by atomic mass is 10.1. The summed E-state index contributed by atoms with van der Waals surface area (Å²) in [7, 11) is 0. The standard InChI is InChI=1S/C19H19F2NO4/c1-2-26-15-5-3-4-14(11-15)19(25)22(9-8-18(23)24)12-13-6-7-16(20)17(21)10-13/h3-7,10-11H,2,8-9,12H2,1H3,(H,23,24). The third kappa shape index (κ3) is 5.27. The van der Waals surface area contributed by atoms with Crippen LogP contribution in [-0.4, -0.2) is 35.0 Å². The SMILES string of the molecule is CCOc1cccc(C(=O)N(CCC(=O)O)Cc2ccc(F)c(F)c2)c1. The summed E-state index contributed by atoms with van der Waals surface area (Å²) < 4.78 is 31.9. The Labute approximate surface area is 149 Å². The Morgan fingerprint density at radius 2 is 1.88 bits per heavy atom. The molecule has 2 aromatic carbocycles. The van der Waals surface area contributed by atoms with Gasteiger partial charge in [0.2, 0.25) is 0 Å². The van der Waals surface area contributed by atoms with Crippen LogP contribution in [-0.2, 0) is 11.3 Å². The van der Waals surface area contributed by atoms with Gasteiger partial charge in [-0.25, -0.2) is 8.78 Å². The van der Waals surface area contributed by atoms with Gasteiger partial charge in [-0.05, 0) is 42.8 Å². The third-order valence-electron chi connectivity index (χ3n) is 3.63. The van der Waals surface area contributed by atoms with Crippen molar-refractivity contribution in [1.29, 1.82) is 0 Å². The number of ether oxygens (including phenoxy) is 1. The average molecular weight is 363 g/mol. The number of hydrogen-bond donors (Lipinski definition) is 1. The number of halogens is 2. The van der Waals surface area contributed by atoms with Crippen molar-refractivity contribution >= 4 is 11.9 Å². The molecule has 0 aliphatic heterocycles.